The van der Waals surface area contributed by atoms with Crippen LogP contribution in [0.5, 0.6) is 0 Å². The van der Waals surface area contributed by atoms with Crippen LogP contribution in [0.15, 0.2) is 54.9 Å². The summed E-state index contributed by atoms with van der Waals surface area (Å²) in [5.41, 5.74) is 10.1. The first kappa shape index (κ1) is 15.2. The van der Waals surface area contributed by atoms with Crippen LogP contribution >= 0.6 is 0 Å². The Morgan fingerprint density at radius 3 is 2.57 bits per heavy atom. The fraction of sp³-hybridized carbons (Fsp3) is 0.222. The molecule has 0 bridgehead atoms. The Bertz CT molecular complexity index is 762. The second-order valence-corrected chi connectivity index (χ2v) is 5.78. The molecule has 5 nitrogen and oxygen atoms in total. The van der Waals surface area contributed by atoms with Gasteiger partial charge in [-0.05, 0) is 37.7 Å². The van der Waals surface area contributed by atoms with Gasteiger partial charge in [-0.1, -0.05) is 24.3 Å². The van der Waals surface area contributed by atoms with E-state index in [-0.39, 0.29) is 0 Å². The lowest BCUT2D eigenvalue weighted by atomic mass is 10.2. The number of hydrogen-bond acceptors (Lipinski definition) is 4. The summed E-state index contributed by atoms with van der Waals surface area (Å²) in [6.07, 6.45) is 3.93. The number of benzene rings is 1. The van der Waals surface area contributed by atoms with Crippen LogP contribution in [-0.4, -0.2) is 26.7 Å². The molecule has 0 radical (unpaired) electrons. The number of nitrogen functional groups attached to an aromatic ring is 1. The van der Waals surface area contributed by atoms with Crippen LogP contribution in [0.2, 0.25) is 0 Å². The van der Waals surface area contributed by atoms with Crippen LogP contribution in [0, 0.1) is 6.92 Å². The number of rotatable bonds is 5. The SMILES string of the molecule is Cc1nn(-c2ccccc2)cc1CN(C)Cc1ccc(N)nc1. The van der Waals surface area contributed by atoms with Gasteiger partial charge in [-0.25, -0.2) is 9.67 Å². The first-order valence-corrected chi connectivity index (χ1v) is 7.61. The lowest BCUT2D eigenvalue weighted by Gasteiger charge is -2.16. The standard InChI is InChI=1S/C18H21N5/c1-14-16(13-23(21-14)17-6-4-3-5-7-17)12-22(2)11-15-8-9-18(19)20-10-15/h3-10,13H,11-12H2,1-2H3,(H2,19,20). The molecule has 118 valence electrons. The Kier molecular flexibility index (Phi) is 4.39. The molecule has 3 rings (SSSR count). The predicted molar refractivity (Wildman–Crippen MR) is 92.1 cm³/mol. The number of anilines is 1. The fourth-order valence-electron chi connectivity index (χ4n) is 2.55. The molecule has 5 heteroatoms. The Morgan fingerprint density at radius 2 is 1.87 bits per heavy atom. The van der Waals surface area contributed by atoms with Crippen molar-refractivity contribution in [1.82, 2.24) is 19.7 Å². The number of nitrogens with two attached hydrogens (primary N) is 1. The second-order valence-electron chi connectivity index (χ2n) is 5.78. The summed E-state index contributed by atoms with van der Waals surface area (Å²) in [7, 11) is 2.09. The summed E-state index contributed by atoms with van der Waals surface area (Å²) < 4.78 is 1.93. The van der Waals surface area contributed by atoms with E-state index in [1.807, 2.05) is 48.1 Å². The van der Waals surface area contributed by atoms with E-state index in [0.29, 0.717) is 5.82 Å². The quantitative estimate of drug-likeness (QED) is 0.787. The third kappa shape index (κ3) is 3.76. The summed E-state index contributed by atoms with van der Waals surface area (Å²) in [4.78, 5) is 6.38. The van der Waals surface area contributed by atoms with E-state index in [9.17, 15) is 0 Å². The molecule has 0 atom stereocenters. The van der Waals surface area contributed by atoms with Crippen LogP contribution in [-0.2, 0) is 13.1 Å². The third-order valence-electron chi connectivity index (χ3n) is 3.76. The van der Waals surface area contributed by atoms with Crippen molar-refractivity contribution < 1.29 is 0 Å². The smallest absolute Gasteiger partial charge is 0.123 e. The molecule has 3 aromatic rings. The summed E-state index contributed by atoms with van der Waals surface area (Å²) in [6, 6.07) is 14.0. The molecule has 2 heterocycles. The molecule has 0 saturated heterocycles. The predicted octanol–water partition coefficient (Wildman–Crippen LogP) is 2.79. The van der Waals surface area contributed by atoms with Crippen LogP contribution in [0.3, 0.4) is 0 Å². The Hall–Kier alpha value is -2.66. The largest absolute Gasteiger partial charge is 0.384 e. The topological polar surface area (TPSA) is 60.0 Å². The first-order valence-electron chi connectivity index (χ1n) is 7.61. The minimum atomic E-state index is 0.552. The van der Waals surface area contributed by atoms with Gasteiger partial charge >= 0.3 is 0 Å². The maximum absolute atomic E-state index is 5.62. The molecule has 23 heavy (non-hydrogen) atoms. The summed E-state index contributed by atoms with van der Waals surface area (Å²) in [5.74, 6) is 0.552. The van der Waals surface area contributed by atoms with Crippen LogP contribution < -0.4 is 5.73 Å². The molecule has 0 saturated carbocycles. The van der Waals surface area contributed by atoms with Gasteiger partial charge in [0.2, 0.25) is 0 Å². The van der Waals surface area contributed by atoms with Crippen LogP contribution in [0.25, 0.3) is 5.69 Å². The average Bonchev–Trinajstić information content (AvgIpc) is 2.91. The molecule has 0 unspecified atom stereocenters. The molecule has 0 spiro atoms. The molecule has 2 N–H and O–H groups in total. The number of aromatic nitrogens is 3. The third-order valence-corrected chi connectivity index (χ3v) is 3.76. The van der Waals surface area contributed by atoms with Crippen LogP contribution in [0.1, 0.15) is 16.8 Å². The van der Waals surface area contributed by atoms with Crippen molar-refractivity contribution >= 4 is 5.82 Å². The van der Waals surface area contributed by atoms with Gasteiger partial charge in [0.1, 0.15) is 5.82 Å². The monoisotopic (exact) mass is 307 g/mol. The van der Waals surface area contributed by atoms with Gasteiger partial charge in [0.25, 0.3) is 0 Å². The molecule has 0 fully saturated rings. The summed E-state index contributed by atoms with van der Waals surface area (Å²) in [6.45, 7) is 3.71. The summed E-state index contributed by atoms with van der Waals surface area (Å²) in [5, 5.41) is 4.61. The van der Waals surface area contributed by atoms with Crippen molar-refractivity contribution in [2.24, 2.45) is 0 Å². The van der Waals surface area contributed by atoms with E-state index in [4.69, 9.17) is 5.73 Å². The van der Waals surface area contributed by atoms with Crippen LogP contribution in [0.4, 0.5) is 5.82 Å². The minimum absolute atomic E-state index is 0.552. The zero-order chi connectivity index (χ0) is 16.2. The molecule has 0 aliphatic heterocycles. The number of para-hydroxylation sites is 1. The lowest BCUT2D eigenvalue weighted by molar-refractivity contribution is 0.318. The lowest BCUT2D eigenvalue weighted by Crippen LogP contribution is -2.17. The van der Waals surface area contributed by atoms with E-state index in [2.05, 4.69) is 40.4 Å². The molecular formula is C18H21N5. The molecule has 2 aromatic heterocycles. The molecule has 1 aromatic carbocycles. The van der Waals surface area contributed by atoms with E-state index < -0.39 is 0 Å². The van der Waals surface area contributed by atoms with Crippen molar-refractivity contribution in [2.75, 3.05) is 12.8 Å². The van der Waals surface area contributed by atoms with E-state index >= 15 is 0 Å². The molecule has 0 aliphatic carbocycles. The fourth-order valence-corrected chi connectivity index (χ4v) is 2.55. The Balaban J connectivity index is 1.70. The number of aryl methyl sites for hydroxylation is 1. The van der Waals surface area contributed by atoms with Gasteiger partial charge in [0.05, 0.1) is 11.4 Å². The number of pyridine rings is 1. The highest BCUT2D eigenvalue weighted by molar-refractivity contribution is 5.32. The Morgan fingerprint density at radius 1 is 1.09 bits per heavy atom. The average molecular weight is 307 g/mol. The van der Waals surface area contributed by atoms with Gasteiger partial charge < -0.3 is 5.73 Å². The Labute approximate surface area is 136 Å². The van der Waals surface area contributed by atoms with E-state index in [1.165, 1.54) is 5.56 Å². The normalized spacial score (nSPS) is 11.1. The molecule has 0 amide bonds. The van der Waals surface area contributed by atoms with Crippen molar-refractivity contribution in [3.05, 3.63) is 71.7 Å². The second kappa shape index (κ2) is 6.62. The van der Waals surface area contributed by atoms with Gasteiger partial charge in [-0.15, -0.1) is 0 Å². The van der Waals surface area contributed by atoms with Gasteiger partial charge in [0.15, 0.2) is 0 Å². The highest BCUT2D eigenvalue weighted by atomic mass is 15.3. The van der Waals surface area contributed by atoms with Gasteiger partial charge in [-0.3, -0.25) is 4.90 Å². The summed E-state index contributed by atoms with van der Waals surface area (Å²) >= 11 is 0. The van der Waals surface area contributed by atoms with Crippen molar-refractivity contribution in [2.45, 2.75) is 20.0 Å². The minimum Gasteiger partial charge on any atom is -0.384 e. The van der Waals surface area contributed by atoms with Gasteiger partial charge in [-0.2, -0.15) is 5.10 Å². The number of nitrogens with zero attached hydrogens (tertiary/aromatic N) is 4. The zero-order valence-corrected chi connectivity index (χ0v) is 13.5. The first-order chi connectivity index (χ1) is 11.1. The van der Waals surface area contributed by atoms with Gasteiger partial charge in [0, 0.05) is 31.0 Å². The zero-order valence-electron chi connectivity index (χ0n) is 13.5. The van der Waals surface area contributed by atoms with Crippen molar-refractivity contribution in [1.29, 1.82) is 0 Å². The number of hydrogen-bond donors (Lipinski definition) is 1. The highest BCUT2D eigenvalue weighted by Gasteiger charge is 2.09. The van der Waals surface area contributed by atoms with E-state index in [1.54, 1.807) is 0 Å². The van der Waals surface area contributed by atoms with Crippen molar-refractivity contribution in [3.8, 4) is 5.69 Å². The molecule has 0 aliphatic rings. The maximum Gasteiger partial charge on any atom is 0.123 e. The van der Waals surface area contributed by atoms with Crippen molar-refractivity contribution in [3.63, 3.8) is 0 Å². The highest BCUT2D eigenvalue weighted by Crippen LogP contribution is 2.14. The molecular weight excluding hydrogens is 286 g/mol. The van der Waals surface area contributed by atoms with E-state index in [0.717, 1.165) is 30.0 Å². The maximum atomic E-state index is 5.62.